The molecule has 0 spiro atoms. The predicted octanol–water partition coefficient (Wildman–Crippen LogP) is -11.6. The highest BCUT2D eigenvalue weighted by molar-refractivity contribution is 5.40. The molecule has 37 nitrogen and oxygen atoms in total. The van der Waals surface area contributed by atoms with Crippen molar-refractivity contribution in [3.05, 3.63) is 29.3 Å². The summed E-state index contributed by atoms with van der Waals surface area (Å²) in [6.07, 6.45) is -63.5. The van der Waals surface area contributed by atoms with E-state index in [1.54, 1.807) is 0 Å². The van der Waals surface area contributed by atoms with E-state index >= 15 is 0 Å². The molecular formula is C60H94O37. The normalized spacial score (nSPS) is 52.8. The van der Waals surface area contributed by atoms with Gasteiger partial charge in [0.05, 0.1) is 52.4 Å². The van der Waals surface area contributed by atoms with Crippen molar-refractivity contribution in [1.82, 2.24) is 0 Å². The Morgan fingerprint density at radius 2 is 0.588 bits per heavy atom. The maximum atomic E-state index is 11.3. The minimum atomic E-state index is -2.21. The Hall–Kier alpha value is -2.42. The van der Waals surface area contributed by atoms with E-state index < -0.39 is 261 Å². The minimum absolute atomic E-state index is 0.0883. The van der Waals surface area contributed by atoms with E-state index in [0.717, 1.165) is 25.2 Å². The number of hydrogen-bond acceptors (Lipinski definition) is 37. The van der Waals surface area contributed by atoms with E-state index in [-0.39, 0.29) is 11.5 Å². The Kier molecular flexibility index (Phi) is 24.6. The van der Waals surface area contributed by atoms with Crippen LogP contribution < -0.4 is 0 Å². The molecule has 556 valence electrons. The molecule has 23 fully saturated rings. The van der Waals surface area contributed by atoms with Gasteiger partial charge in [-0.1, -0.05) is 13.0 Å². The number of aliphatic hydroxyl groups is 22. The molecule has 1 aromatic carbocycles. The van der Waals surface area contributed by atoms with Crippen molar-refractivity contribution < 1.29 is 184 Å². The summed E-state index contributed by atoms with van der Waals surface area (Å²) in [5, 5.41) is 250. The number of aromatic hydroxyl groups is 1. The highest BCUT2D eigenvalue weighted by atomic mass is 16.8. The summed E-state index contributed by atoms with van der Waals surface area (Å²) >= 11 is 0. The van der Waals surface area contributed by atoms with Crippen molar-refractivity contribution in [1.29, 1.82) is 0 Å². The number of rotatable bonds is 7. The molecule has 0 radical (unpaired) electrons. The van der Waals surface area contributed by atoms with Crippen molar-refractivity contribution in [2.24, 2.45) is 17.3 Å². The van der Waals surface area contributed by atoms with E-state index in [1.807, 2.05) is 12.1 Å². The first-order chi connectivity index (χ1) is 46.2. The number of phenolic OH excluding ortho intramolecular Hbond substituents is 1. The number of aryl methyl sites for hydroxylation is 1. The van der Waals surface area contributed by atoms with Gasteiger partial charge in [-0.3, -0.25) is 0 Å². The van der Waals surface area contributed by atoms with Crippen molar-refractivity contribution in [2.75, 3.05) is 46.2 Å². The third-order valence-corrected chi connectivity index (χ3v) is 21.4. The molecule has 0 aromatic heterocycles. The molecule has 14 bridgehead atoms. The Bertz CT molecular complexity index is 2310. The molecule has 2 saturated carbocycles. The second-order valence-corrected chi connectivity index (χ2v) is 27.1. The molecule has 0 unspecified atom stereocenters. The van der Waals surface area contributed by atoms with Crippen LogP contribution in [0.2, 0.25) is 0 Å². The molecule has 21 aliphatic heterocycles. The summed E-state index contributed by atoms with van der Waals surface area (Å²) in [5.74, 6) is 2.49. The number of hydrogen-bond donors (Lipinski definition) is 23. The number of aliphatic hydroxyl groups excluding tert-OH is 22. The Morgan fingerprint density at radius 3 is 0.835 bits per heavy atom. The van der Waals surface area contributed by atoms with Gasteiger partial charge in [0, 0.05) is 0 Å². The van der Waals surface area contributed by atoms with Gasteiger partial charge in [-0.15, -0.1) is 0 Å². The lowest BCUT2D eigenvalue weighted by Gasteiger charge is -2.50. The van der Waals surface area contributed by atoms with Crippen LogP contribution in [-0.4, -0.2) is 385 Å². The topological polar surface area (TPSA) is 595 Å². The van der Waals surface area contributed by atoms with Crippen molar-refractivity contribution in [3.63, 3.8) is 0 Å². The quantitative estimate of drug-likeness (QED) is 0.121. The van der Waals surface area contributed by atoms with Gasteiger partial charge in [0.15, 0.2) is 44.0 Å². The highest BCUT2D eigenvalue weighted by Gasteiger charge is 2.61. The van der Waals surface area contributed by atoms with Crippen LogP contribution in [-0.2, 0) is 72.7 Å². The van der Waals surface area contributed by atoms with Gasteiger partial charge in [0.2, 0.25) is 0 Å². The van der Waals surface area contributed by atoms with E-state index in [4.69, 9.17) is 66.3 Å². The van der Waals surface area contributed by atoms with Crippen LogP contribution in [0.5, 0.6) is 5.75 Å². The van der Waals surface area contributed by atoms with Crippen LogP contribution in [0.15, 0.2) is 18.2 Å². The molecule has 0 amide bonds. The fourth-order valence-electron chi connectivity index (χ4n) is 16.0. The summed E-state index contributed by atoms with van der Waals surface area (Å²) in [5.41, 5.74) is 2.99. The van der Waals surface area contributed by atoms with Crippen molar-refractivity contribution in [2.45, 2.75) is 272 Å². The smallest absolute Gasteiger partial charge is 0.187 e. The first-order valence-corrected chi connectivity index (χ1v) is 32.7. The fourth-order valence-corrected chi connectivity index (χ4v) is 16.0. The maximum absolute atomic E-state index is 11.3. The van der Waals surface area contributed by atoms with Gasteiger partial charge in [-0.05, 0) is 85.0 Å². The molecule has 25 rings (SSSR count). The van der Waals surface area contributed by atoms with Crippen molar-refractivity contribution in [3.8, 4) is 5.75 Å². The third-order valence-electron chi connectivity index (χ3n) is 21.4. The van der Waals surface area contributed by atoms with Crippen LogP contribution in [0.3, 0.4) is 0 Å². The van der Waals surface area contributed by atoms with Gasteiger partial charge in [0.25, 0.3) is 0 Å². The SMILES string of the molecule is C[C@]12CC[C@@H]3c4ccc(O)cc4CC[C@H]3[C@@H]1CC[C@@H]2O.OC[C@H]1O[C@@H]2O[C@H]3[C@H](O)[C@@H](O)[C@@H](O[C@H]4[C@H](O)[C@@H](O)[C@@H](O[C@H]5[C@H](O)[C@@H](O)[C@@H](O[C@H]6[C@H](O)[C@@H](O)[C@@H](O[C@H]7[C@H](O)[C@@H](O)[C@@H](O[C@H]8[C@H](O)[C@@H](O)[C@@H](O[C@H]1[C@H](O)[C@H]2O)O[C@@H]8CO)O[C@@H]7CO)O[C@@H]6CO)O[C@@H]5CO)O[C@@H]4CO)O[C@@H]3CO. The van der Waals surface area contributed by atoms with E-state index in [2.05, 4.69) is 13.0 Å². The average molecular weight is 1410 g/mol. The summed E-state index contributed by atoms with van der Waals surface area (Å²) in [6.45, 7) is -5.01. The van der Waals surface area contributed by atoms with E-state index in [1.165, 1.54) is 30.4 Å². The van der Waals surface area contributed by atoms with Crippen LogP contribution in [0.1, 0.15) is 56.1 Å². The molecule has 37 heteroatoms. The first-order valence-electron chi connectivity index (χ1n) is 32.7. The molecule has 23 N–H and O–H groups in total. The maximum Gasteiger partial charge on any atom is 0.187 e. The lowest BCUT2D eigenvalue weighted by molar-refractivity contribution is -0.396. The second-order valence-electron chi connectivity index (χ2n) is 27.1. The lowest BCUT2D eigenvalue weighted by atomic mass is 9.55. The summed E-state index contributed by atoms with van der Waals surface area (Å²) in [7, 11) is 0. The number of ether oxygens (including phenoxy) is 14. The van der Waals surface area contributed by atoms with E-state index in [9.17, 15) is 117 Å². The monoisotopic (exact) mass is 1410 g/mol. The van der Waals surface area contributed by atoms with Gasteiger partial charge in [-0.2, -0.15) is 0 Å². The molecule has 40 atom stereocenters. The van der Waals surface area contributed by atoms with Gasteiger partial charge < -0.3 is 184 Å². The number of phenols is 1. The molecular weight excluding hydrogens is 1310 g/mol. The first kappa shape index (κ1) is 75.7. The Labute approximate surface area is 553 Å². The summed E-state index contributed by atoms with van der Waals surface area (Å²) < 4.78 is 79.5. The van der Waals surface area contributed by atoms with Crippen LogP contribution in [0, 0.1) is 17.3 Å². The van der Waals surface area contributed by atoms with Gasteiger partial charge >= 0.3 is 0 Å². The second kappa shape index (κ2) is 31.5. The zero-order valence-corrected chi connectivity index (χ0v) is 52.4. The number of benzene rings is 1. The summed E-state index contributed by atoms with van der Waals surface area (Å²) in [4.78, 5) is 0. The van der Waals surface area contributed by atoms with Crippen LogP contribution in [0.4, 0.5) is 0 Å². The molecule has 21 saturated heterocycles. The fraction of sp³-hybridized carbons (Fsp3) is 0.900. The standard InChI is InChI=1S/C42H70O35.C18H24O2/c43-1-8-29-15(50)22(57)36(64-8)72-30-9(2-44)66-38(24(59)17(30)52)74-32-11(4-46)68-40(26(61)19(32)54)76-34-13(6-48)70-42(28(63)21(34)56)77-35-14(7-49)69-41(27(62)20(35)55)75-33-12(5-47)67-39(25(60)18(33)53)73-31-10(3-45)65-37(71-29)23(58)16(31)51;1-18-9-8-14-13-5-3-12(19)10-11(13)2-4-15(14)16(18)6-7-17(18)20/h8-63H,1-7H2;3,5,10,14-17,19-20H,2,4,6-9H2,1H3/t8-,9-,10-,11-,12-,13-,14-,15-,16-,17-,18-,19-,20-,21-,22-,23-,24-,25-,26-,27-,28-,29-,30-,31-,32-,33-,34-,35-,36-,37-,38-,39-,40-,41-,42-;14-,15-,16+,17+,18+/m11/s1. The molecule has 21 heterocycles. The van der Waals surface area contributed by atoms with Crippen molar-refractivity contribution >= 4 is 0 Å². The Morgan fingerprint density at radius 1 is 0.330 bits per heavy atom. The zero-order chi connectivity index (χ0) is 70.0. The Balaban J connectivity index is 0.000000401. The molecule has 97 heavy (non-hydrogen) atoms. The average Bonchev–Trinajstić information content (AvgIpc) is 1.64. The molecule has 3 aliphatic carbocycles. The summed E-state index contributed by atoms with van der Waals surface area (Å²) in [6, 6.07) is 5.96. The highest BCUT2D eigenvalue weighted by Crippen LogP contribution is 2.61. The zero-order valence-electron chi connectivity index (χ0n) is 52.4. The lowest BCUT2D eigenvalue weighted by Crippen LogP contribution is -2.68. The predicted molar refractivity (Wildman–Crippen MR) is 307 cm³/mol. The van der Waals surface area contributed by atoms with Gasteiger partial charge in [-0.25, -0.2) is 0 Å². The largest absolute Gasteiger partial charge is 0.508 e. The van der Waals surface area contributed by atoms with Crippen LogP contribution >= 0.6 is 0 Å². The third kappa shape index (κ3) is 14.5. The van der Waals surface area contributed by atoms with E-state index in [0.29, 0.717) is 17.6 Å². The van der Waals surface area contributed by atoms with Gasteiger partial charge in [0.1, 0.15) is 177 Å². The number of fused-ring (bicyclic) bond motifs is 5. The molecule has 1 aromatic rings. The molecule has 24 aliphatic rings. The van der Waals surface area contributed by atoms with Crippen LogP contribution in [0.25, 0.3) is 0 Å². The minimum Gasteiger partial charge on any atom is -0.508 e.